The molecular formula is C12H23N3S. The molecule has 0 aliphatic heterocycles. The van der Waals surface area contributed by atoms with Crippen molar-refractivity contribution >= 4 is 16.5 Å². The van der Waals surface area contributed by atoms with E-state index >= 15 is 0 Å². The minimum absolute atomic E-state index is 0.554. The van der Waals surface area contributed by atoms with Crippen LogP contribution in [0.15, 0.2) is 0 Å². The number of thiazole rings is 1. The second-order valence-corrected chi connectivity index (χ2v) is 5.35. The molecule has 0 radical (unpaired) electrons. The number of hydrogen-bond acceptors (Lipinski definition) is 4. The van der Waals surface area contributed by atoms with Gasteiger partial charge in [-0.15, -0.1) is 11.3 Å². The molecule has 0 spiro atoms. The van der Waals surface area contributed by atoms with Gasteiger partial charge >= 0.3 is 0 Å². The standard InChI is InChI=1S/C12H23N3S/c1-6-9(3)11-10(8-13-7-2)16-12(14-11)15(4)5/h9,13H,6-8H2,1-5H3. The Hall–Kier alpha value is -0.610. The van der Waals surface area contributed by atoms with Gasteiger partial charge in [0.05, 0.1) is 5.69 Å². The summed E-state index contributed by atoms with van der Waals surface area (Å²) >= 11 is 1.80. The molecule has 0 saturated heterocycles. The molecule has 0 amide bonds. The first-order chi connectivity index (χ1) is 7.60. The number of aromatic nitrogens is 1. The summed E-state index contributed by atoms with van der Waals surface area (Å²) in [6.07, 6.45) is 1.15. The lowest BCUT2D eigenvalue weighted by Crippen LogP contribution is -2.12. The summed E-state index contributed by atoms with van der Waals surface area (Å²) in [6, 6.07) is 0. The molecule has 0 saturated carbocycles. The first kappa shape index (κ1) is 13.5. The summed E-state index contributed by atoms with van der Waals surface area (Å²) in [7, 11) is 4.10. The number of hydrogen-bond donors (Lipinski definition) is 1. The number of rotatable bonds is 6. The summed E-state index contributed by atoms with van der Waals surface area (Å²) in [5, 5.41) is 4.50. The van der Waals surface area contributed by atoms with Crippen molar-refractivity contribution < 1.29 is 0 Å². The summed E-state index contributed by atoms with van der Waals surface area (Å²) in [5.74, 6) is 0.554. The first-order valence-corrected chi connectivity index (χ1v) is 6.79. The van der Waals surface area contributed by atoms with Crippen molar-refractivity contribution in [3.8, 4) is 0 Å². The van der Waals surface area contributed by atoms with Gasteiger partial charge in [0.25, 0.3) is 0 Å². The summed E-state index contributed by atoms with van der Waals surface area (Å²) in [4.78, 5) is 8.22. The highest BCUT2D eigenvalue weighted by atomic mass is 32.1. The van der Waals surface area contributed by atoms with Crippen LogP contribution in [0.3, 0.4) is 0 Å². The molecule has 0 aliphatic rings. The maximum absolute atomic E-state index is 4.74. The van der Waals surface area contributed by atoms with E-state index in [-0.39, 0.29) is 0 Å². The van der Waals surface area contributed by atoms with Gasteiger partial charge in [0.2, 0.25) is 0 Å². The SMILES string of the molecule is CCNCc1sc(N(C)C)nc1C(C)CC. The predicted molar refractivity (Wildman–Crippen MR) is 72.5 cm³/mol. The van der Waals surface area contributed by atoms with Crippen molar-refractivity contribution in [2.45, 2.75) is 39.7 Å². The van der Waals surface area contributed by atoms with Crippen molar-refractivity contribution in [3.63, 3.8) is 0 Å². The molecule has 0 aromatic carbocycles. The van der Waals surface area contributed by atoms with Gasteiger partial charge in [-0.05, 0) is 18.9 Å². The van der Waals surface area contributed by atoms with Crippen molar-refractivity contribution in [1.29, 1.82) is 0 Å². The molecule has 0 bridgehead atoms. The van der Waals surface area contributed by atoms with E-state index in [1.807, 2.05) is 0 Å². The van der Waals surface area contributed by atoms with Crippen LogP contribution < -0.4 is 10.2 Å². The van der Waals surface area contributed by atoms with Gasteiger partial charge in [-0.2, -0.15) is 0 Å². The second kappa shape index (κ2) is 6.21. The zero-order valence-electron chi connectivity index (χ0n) is 11.0. The van der Waals surface area contributed by atoms with E-state index in [2.05, 4.69) is 45.1 Å². The van der Waals surface area contributed by atoms with E-state index in [1.54, 1.807) is 11.3 Å². The third-order valence-corrected chi connectivity index (χ3v) is 3.95. The lowest BCUT2D eigenvalue weighted by molar-refractivity contribution is 0.678. The molecule has 1 atom stereocenters. The van der Waals surface area contributed by atoms with Crippen molar-refractivity contribution in [3.05, 3.63) is 10.6 Å². The molecule has 1 aromatic rings. The smallest absolute Gasteiger partial charge is 0.185 e. The third-order valence-electron chi connectivity index (χ3n) is 2.71. The highest BCUT2D eigenvalue weighted by molar-refractivity contribution is 7.15. The van der Waals surface area contributed by atoms with E-state index < -0.39 is 0 Å². The molecule has 92 valence electrons. The van der Waals surface area contributed by atoms with E-state index in [0.29, 0.717) is 5.92 Å². The molecule has 1 unspecified atom stereocenters. The fourth-order valence-corrected chi connectivity index (χ4v) is 2.56. The monoisotopic (exact) mass is 241 g/mol. The van der Waals surface area contributed by atoms with Crippen LogP contribution in [0.2, 0.25) is 0 Å². The Balaban J connectivity index is 2.92. The summed E-state index contributed by atoms with van der Waals surface area (Å²) in [6.45, 7) is 8.56. The van der Waals surface area contributed by atoms with Crippen molar-refractivity contribution in [2.75, 3.05) is 25.5 Å². The summed E-state index contributed by atoms with van der Waals surface area (Å²) in [5.41, 5.74) is 1.28. The minimum atomic E-state index is 0.554. The first-order valence-electron chi connectivity index (χ1n) is 5.97. The van der Waals surface area contributed by atoms with Crippen molar-refractivity contribution in [1.82, 2.24) is 10.3 Å². The average Bonchev–Trinajstić information content (AvgIpc) is 2.69. The second-order valence-electron chi connectivity index (χ2n) is 4.29. The Morgan fingerprint density at radius 1 is 1.38 bits per heavy atom. The van der Waals surface area contributed by atoms with E-state index in [4.69, 9.17) is 4.98 Å². The Morgan fingerprint density at radius 3 is 2.56 bits per heavy atom. The van der Waals surface area contributed by atoms with Gasteiger partial charge in [-0.25, -0.2) is 4.98 Å². The van der Waals surface area contributed by atoms with Crippen LogP contribution in [0.4, 0.5) is 5.13 Å². The van der Waals surface area contributed by atoms with Crippen LogP contribution in [-0.4, -0.2) is 25.6 Å². The van der Waals surface area contributed by atoms with Crippen LogP contribution >= 0.6 is 11.3 Å². The van der Waals surface area contributed by atoms with Crippen LogP contribution in [-0.2, 0) is 6.54 Å². The average molecular weight is 241 g/mol. The van der Waals surface area contributed by atoms with Gasteiger partial charge in [-0.3, -0.25) is 0 Å². The minimum Gasteiger partial charge on any atom is -0.354 e. The molecule has 4 heteroatoms. The van der Waals surface area contributed by atoms with Gasteiger partial charge < -0.3 is 10.2 Å². The molecule has 0 fully saturated rings. The Bertz CT molecular complexity index is 320. The predicted octanol–water partition coefficient (Wildman–Crippen LogP) is 2.83. The molecule has 3 nitrogen and oxygen atoms in total. The number of nitrogens with one attached hydrogen (secondary N) is 1. The van der Waals surface area contributed by atoms with Gasteiger partial charge in [0.1, 0.15) is 0 Å². The number of anilines is 1. The molecule has 16 heavy (non-hydrogen) atoms. The molecule has 1 heterocycles. The largest absolute Gasteiger partial charge is 0.354 e. The molecule has 1 rings (SSSR count). The fourth-order valence-electron chi connectivity index (χ4n) is 1.49. The molecule has 1 N–H and O–H groups in total. The molecule has 1 aromatic heterocycles. The molecular weight excluding hydrogens is 218 g/mol. The lowest BCUT2D eigenvalue weighted by atomic mass is 10.0. The Labute approximate surface area is 103 Å². The van der Waals surface area contributed by atoms with Crippen LogP contribution in [0.5, 0.6) is 0 Å². The topological polar surface area (TPSA) is 28.2 Å². The maximum Gasteiger partial charge on any atom is 0.185 e. The quantitative estimate of drug-likeness (QED) is 0.830. The zero-order valence-corrected chi connectivity index (χ0v) is 11.8. The third kappa shape index (κ3) is 3.19. The lowest BCUT2D eigenvalue weighted by Gasteiger charge is -2.08. The molecule has 0 aliphatic carbocycles. The zero-order chi connectivity index (χ0) is 12.1. The summed E-state index contributed by atoms with van der Waals surface area (Å²) < 4.78 is 0. The Morgan fingerprint density at radius 2 is 2.06 bits per heavy atom. The van der Waals surface area contributed by atoms with Crippen LogP contribution in [0.25, 0.3) is 0 Å². The van der Waals surface area contributed by atoms with E-state index in [0.717, 1.165) is 24.6 Å². The van der Waals surface area contributed by atoms with E-state index in [9.17, 15) is 0 Å². The van der Waals surface area contributed by atoms with Crippen LogP contribution in [0.1, 0.15) is 43.7 Å². The maximum atomic E-state index is 4.74. The van der Waals surface area contributed by atoms with Gasteiger partial charge in [0, 0.05) is 25.5 Å². The normalized spacial score (nSPS) is 12.8. The highest BCUT2D eigenvalue weighted by Crippen LogP contribution is 2.31. The van der Waals surface area contributed by atoms with Crippen molar-refractivity contribution in [2.24, 2.45) is 0 Å². The van der Waals surface area contributed by atoms with Crippen LogP contribution in [0, 0.1) is 0 Å². The van der Waals surface area contributed by atoms with E-state index in [1.165, 1.54) is 10.6 Å². The number of nitrogens with zero attached hydrogens (tertiary/aromatic N) is 2. The highest BCUT2D eigenvalue weighted by Gasteiger charge is 2.16. The van der Waals surface area contributed by atoms with Gasteiger partial charge in [-0.1, -0.05) is 20.8 Å². The fraction of sp³-hybridized carbons (Fsp3) is 0.750. The Kier molecular flexibility index (Phi) is 5.22. The van der Waals surface area contributed by atoms with Gasteiger partial charge in [0.15, 0.2) is 5.13 Å².